The average molecular weight is 321 g/mol. The third-order valence-corrected chi connectivity index (χ3v) is 4.93. The van der Waals surface area contributed by atoms with Crippen molar-refractivity contribution in [3.05, 3.63) is 35.6 Å². The normalized spacial score (nSPS) is 17.6. The van der Waals surface area contributed by atoms with Crippen molar-refractivity contribution in [1.29, 1.82) is 0 Å². The van der Waals surface area contributed by atoms with Crippen LogP contribution in [0.5, 0.6) is 0 Å². The van der Waals surface area contributed by atoms with Crippen molar-refractivity contribution < 1.29 is 14.3 Å². The first-order valence-electron chi connectivity index (χ1n) is 8.63. The molecule has 128 valence electrons. The molecule has 1 aromatic rings. The van der Waals surface area contributed by atoms with Crippen LogP contribution in [0.4, 0.5) is 4.39 Å². The van der Waals surface area contributed by atoms with Crippen molar-refractivity contribution >= 4 is 5.91 Å². The van der Waals surface area contributed by atoms with Gasteiger partial charge in [0, 0.05) is 13.2 Å². The van der Waals surface area contributed by atoms with Crippen LogP contribution < -0.4 is 5.32 Å². The third kappa shape index (κ3) is 4.31. The molecule has 0 heterocycles. The predicted molar refractivity (Wildman–Crippen MR) is 89.6 cm³/mol. The zero-order valence-corrected chi connectivity index (χ0v) is 14.1. The van der Waals surface area contributed by atoms with Crippen LogP contribution in [0.1, 0.15) is 51.5 Å². The number of benzene rings is 1. The van der Waals surface area contributed by atoms with Crippen molar-refractivity contribution in [2.24, 2.45) is 11.8 Å². The Balaban J connectivity index is 2.01. The summed E-state index contributed by atoms with van der Waals surface area (Å²) in [6, 6.07) is 6.31. The van der Waals surface area contributed by atoms with Crippen LogP contribution in [0, 0.1) is 17.7 Å². The predicted octanol–water partition coefficient (Wildman–Crippen LogP) is 3.41. The molecule has 2 N–H and O–H groups in total. The van der Waals surface area contributed by atoms with Gasteiger partial charge < -0.3 is 10.4 Å². The van der Waals surface area contributed by atoms with E-state index in [0.29, 0.717) is 24.8 Å². The number of amides is 1. The smallest absolute Gasteiger partial charge is 0.230 e. The van der Waals surface area contributed by atoms with Crippen molar-refractivity contribution in [2.45, 2.75) is 51.4 Å². The Hall–Kier alpha value is -1.42. The third-order valence-electron chi connectivity index (χ3n) is 4.93. The summed E-state index contributed by atoms with van der Waals surface area (Å²) in [6.45, 7) is 5.05. The number of carbonyl (C=O) groups excluding carboxylic acids is 1. The van der Waals surface area contributed by atoms with Crippen molar-refractivity contribution in [3.8, 4) is 0 Å². The molecule has 0 radical (unpaired) electrons. The largest absolute Gasteiger partial charge is 0.396 e. The highest BCUT2D eigenvalue weighted by Crippen LogP contribution is 2.44. The topological polar surface area (TPSA) is 49.3 Å². The van der Waals surface area contributed by atoms with Crippen LogP contribution in [0.2, 0.25) is 0 Å². The molecule has 1 atom stereocenters. The Morgan fingerprint density at radius 1 is 1.30 bits per heavy atom. The fraction of sp³-hybridized carbons (Fsp3) is 0.632. The average Bonchev–Trinajstić information content (AvgIpc) is 2.45. The molecule has 1 saturated carbocycles. The van der Waals surface area contributed by atoms with E-state index in [1.807, 2.05) is 0 Å². The van der Waals surface area contributed by atoms with E-state index in [2.05, 4.69) is 19.2 Å². The Kier molecular flexibility index (Phi) is 6.17. The van der Waals surface area contributed by atoms with Crippen LogP contribution in [-0.2, 0) is 10.2 Å². The number of halogens is 1. The van der Waals surface area contributed by atoms with Gasteiger partial charge in [0.05, 0.1) is 5.41 Å². The van der Waals surface area contributed by atoms with Crippen molar-refractivity contribution in [3.63, 3.8) is 0 Å². The minimum absolute atomic E-state index is 0.0436. The SMILES string of the molecule is CC(C)CC(CCO)CNC(=O)C1(c2ccc(F)cc2)CCC1. The summed E-state index contributed by atoms with van der Waals surface area (Å²) in [6.07, 6.45) is 4.36. The highest BCUT2D eigenvalue weighted by molar-refractivity contribution is 5.89. The number of rotatable bonds is 8. The van der Waals surface area contributed by atoms with Crippen molar-refractivity contribution in [2.75, 3.05) is 13.2 Å². The van der Waals surface area contributed by atoms with Gasteiger partial charge in [0.2, 0.25) is 5.91 Å². The van der Waals surface area contributed by atoms with E-state index in [-0.39, 0.29) is 18.3 Å². The van der Waals surface area contributed by atoms with Gasteiger partial charge >= 0.3 is 0 Å². The first kappa shape index (κ1) is 17.9. The van der Waals surface area contributed by atoms with E-state index in [0.717, 1.165) is 31.2 Å². The van der Waals surface area contributed by atoms with E-state index in [1.54, 1.807) is 12.1 Å². The Morgan fingerprint density at radius 3 is 2.43 bits per heavy atom. The molecule has 3 nitrogen and oxygen atoms in total. The molecule has 1 unspecified atom stereocenters. The first-order chi connectivity index (χ1) is 11.0. The summed E-state index contributed by atoms with van der Waals surface area (Å²) in [5.41, 5.74) is 0.417. The van der Waals surface area contributed by atoms with Gasteiger partial charge in [-0.25, -0.2) is 4.39 Å². The van der Waals surface area contributed by atoms with Gasteiger partial charge in [-0.1, -0.05) is 32.4 Å². The van der Waals surface area contributed by atoms with Gasteiger partial charge in [-0.05, 0) is 55.2 Å². The number of hydrogen-bond donors (Lipinski definition) is 2. The maximum Gasteiger partial charge on any atom is 0.230 e. The summed E-state index contributed by atoms with van der Waals surface area (Å²) in [5.74, 6) is 0.609. The zero-order chi connectivity index (χ0) is 16.9. The number of aliphatic hydroxyl groups is 1. The second kappa shape index (κ2) is 7.91. The molecule has 4 heteroatoms. The molecule has 1 fully saturated rings. The summed E-state index contributed by atoms with van der Waals surface area (Å²) in [4.78, 5) is 12.8. The molecule has 23 heavy (non-hydrogen) atoms. The Labute approximate surface area is 138 Å². The molecule has 0 saturated heterocycles. The van der Waals surface area contributed by atoms with Crippen LogP contribution in [0.15, 0.2) is 24.3 Å². The van der Waals surface area contributed by atoms with Gasteiger partial charge in [0.1, 0.15) is 5.82 Å². The molecule has 0 spiro atoms. The Bertz CT molecular complexity index is 509. The quantitative estimate of drug-likeness (QED) is 0.771. The summed E-state index contributed by atoms with van der Waals surface area (Å²) in [7, 11) is 0. The number of carbonyl (C=O) groups is 1. The highest BCUT2D eigenvalue weighted by atomic mass is 19.1. The molecule has 0 aliphatic heterocycles. The zero-order valence-electron chi connectivity index (χ0n) is 14.1. The molecule has 0 bridgehead atoms. The van der Waals surface area contributed by atoms with Crippen LogP contribution in [-0.4, -0.2) is 24.2 Å². The second-order valence-corrected chi connectivity index (χ2v) is 7.16. The summed E-state index contributed by atoms with van der Waals surface area (Å²) in [5, 5.41) is 12.3. The lowest BCUT2D eigenvalue weighted by Crippen LogP contribution is -2.50. The van der Waals surface area contributed by atoms with Crippen molar-refractivity contribution in [1.82, 2.24) is 5.32 Å². The van der Waals surface area contributed by atoms with Crippen LogP contribution in [0.25, 0.3) is 0 Å². The number of nitrogens with one attached hydrogen (secondary N) is 1. The molecule has 1 amide bonds. The second-order valence-electron chi connectivity index (χ2n) is 7.16. The minimum Gasteiger partial charge on any atom is -0.396 e. The highest BCUT2D eigenvalue weighted by Gasteiger charge is 2.45. The fourth-order valence-electron chi connectivity index (χ4n) is 3.50. The molecular weight excluding hydrogens is 293 g/mol. The van der Waals surface area contributed by atoms with Gasteiger partial charge in [-0.2, -0.15) is 0 Å². The maximum atomic E-state index is 13.1. The maximum absolute atomic E-state index is 13.1. The number of hydrogen-bond acceptors (Lipinski definition) is 2. The lowest BCUT2D eigenvalue weighted by atomic mass is 9.63. The standard InChI is InChI=1S/C19H28FNO2/c1-14(2)12-15(8-11-22)13-21-18(23)19(9-3-10-19)16-4-6-17(20)7-5-16/h4-7,14-15,22H,3,8-13H2,1-2H3,(H,21,23). The molecule has 1 aromatic carbocycles. The summed E-state index contributed by atoms with van der Waals surface area (Å²) < 4.78 is 13.1. The van der Waals surface area contributed by atoms with Crippen LogP contribution >= 0.6 is 0 Å². The molecule has 2 rings (SSSR count). The van der Waals surface area contributed by atoms with E-state index < -0.39 is 5.41 Å². The Morgan fingerprint density at radius 2 is 1.96 bits per heavy atom. The fourth-order valence-corrected chi connectivity index (χ4v) is 3.50. The van der Waals surface area contributed by atoms with Gasteiger partial charge in [-0.3, -0.25) is 4.79 Å². The molecule has 0 aromatic heterocycles. The van der Waals surface area contributed by atoms with Gasteiger partial charge in [0.25, 0.3) is 0 Å². The monoisotopic (exact) mass is 321 g/mol. The van der Waals surface area contributed by atoms with E-state index in [4.69, 9.17) is 0 Å². The van der Waals surface area contributed by atoms with E-state index in [1.165, 1.54) is 12.1 Å². The van der Waals surface area contributed by atoms with E-state index in [9.17, 15) is 14.3 Å². The van der Waals surface area contributed by atoms with Gasteiger partial charge in [-0.15, -0.1) is 0 Å². The van der Waals surface area contributed by atoms with Crippen LogP contribution in [0.3, 0.4) is 0 Å². The van der Waals surface area contributed by atoms with Gasteiger partial charge in [0.15, 0.2) is 0 Å². The first-order valence-corrected chi connectivity index (χ1v) is 8.63. The molecule has 1 aliphatic rings. The summed E-state index contributed by atoms with van der Waals surface area (Å²) >= 11 is 0. The lowest BCUT2D eigenvalue weighted by molar-refractivity contribution is -0.130. The minimum atomic E-state index is -0.491. The van der Waals surface area contributed by atoms with E-state index >= 15 is 0 Å². The lowest BCUT2D eigenvalue weighted by Gasteiger charge is -2.41. The number of aliphatic hydroxyl groups excluding tert-OH is 1. The molecule has 1 aliphatic carbocycles. The molecular formula is C19H28FNO2.